The van der Waals surface area contributed by atoms with Gasteiger partial charge in [0.05, 0.1) is 11.5 Å². The average Bonchev–Trinajstić information content (AvgIpc) is 3.65. The number of ketones is 1. The fraction of sp³-hybridized carbons (Fsp3) is 0.133. The van der Waals surface area contributed by atoms with Crippen molar-refractivity contribution in [3.05, 3.63) is 150 Å². The second-order valence-corrected chi connectivity index (χ2v) is 7.89. The Morgan fingerprint density at radius 2 is 1.11 bits per heavy atom. The maximum Gasteiger partial charge on any atom is 2.00 e. The van der Waals surface area contributed by atoms with Crippen molar-refractivity contribution in [1.29, 1.82) is 0 Å². The first-order chi connectivity index (χ1) is 16.6. The Hall–Kier alpha value is 0.00896. The topological polar surface area (TPSA) is 43.4 Å². The molecule has 0 unspecified atom stereocenters. The average molecular weight is 582 g/mol. The minimum Gasteiger partial charge on any atom is -0.462 e. The number of allylic oxidation sites excluding steroid dienone is 3. The van der Waals surface area contributed by atoms with E-state index < -0.39 is 0 Å². The Morgan fingerprint density at radius 3 is 1.44 bits per heavy atom. The smallest absolute Gasteiger partial charge is 0.462 e. The summed E-state index contributed by atoms with van der Waals surface area (Å²) in [6, 6.07) is 0. The minimum atomic E-state index is -0.373. The van der Waals surface area contributed by atoms with Crippen LogP contribution in [0.1, 0.15) is 13.8 Å². The van der Waals surface area contributed by atoms with E-state index in [1.165, 1.54) is 18.7 Å². The molecule has 186 valence electrons. The van der Waals surface area contributed by atoms with Gasteiger partial charge in [0.25, 0.3) is 0 Å². The van der Waals surface area contributed by atoms with Crippen LogP contribution in [0, 0.1) is 127 Å². The number of hydrogen-bond donors (Lipinski definition) is 0. The van der Waals surface area contributed by atoms with Crippen molar-refractivity contribution in [2.75, 3.05) is 12.9 Å². The predicted octanol–water partition coefficient (Wildman–Crippen LogP) is 5.53. The zero-order chi connectivity index (χ0) is 24.6. The van der Waals surface area contributed by atoms with Gasteiger partial charge in [-0.25, -0.2) is 4.79 Å². The van der Waals surface area contributed by atoms with Gasteiger partial charge in [0.15, 0.2) is 5.78 Å². The molecule has 0 saturated heterocycles. The third-order valence-corrected chi connectivity index (χ3v) is 5.32. The summed E-state index contributed by atoms with van der Waals surface area (Å²) in [5.74, 6) is 1.35. The van der Waals surface area contributed by atoms with Crippen LogP contribution in [0.2, 0.25) is 0 Å². The molecule has 0 amide bonds. The van der Waals surface area contributed by atoms with Crippen LogP contribution in [0.3, 0.4) is 0 Å². The summed E-state index contributed by atoms with van der Waals surface area (Å²) in [6.07, 6.45) is 38.8. The van der Waals surface area contributed by atoms with E-state index in [0.29, 0.717) is 11.5 Å². The summed E-state index contributed by atoms with van der Waals surface area (Å²) in [5, 5.41) is 0. The fourth-order valence-electron chi connectivity index (χ4n) is 3.13. The van der Waals surface area contributed by atoms with E-state index in [0.717, 1.165) is 23.0 Å². The SMILES string of the molecule is CCOC(=O)/C(SC)=C([C]1[CH][CH][CH][CH]1)\C(=C/C(C)=O)[C]1[CH][CH][CH][CH]1.[CH]1[CH][CH][CH][CH]1.[CH]1[CH][CH][CH][CH]1.[Fe+2].[Fe+2]. The standard InChI is InChI=1S/C20H20O3S.2C5H5.2Fe/c1-4-23-20(22)19(24-3)18(16-11-7-8-12-16)17(13-14(2)21)15-9-5-6-10-15;2*1-2-4-5-3-1;;/h5-13H,4H2,1-3H3;2*1-5H;;/q;;;2*+2/b17-13-,19-18+;;;;. The van der Waals surface area contributed by atoms with Crippen LogP contribution in [0.5, 0.6) is 0 Å². The Morgan fingerprint density at radius 1 is 0.722 bits per heavy atom. The number of ether oxygens (including phenoxy) is 1. The number of rotatable bonds is 7. The van der Waals surface area contributed by atoms with Crippen LogP contribution in [0.4, 0.5) is 0 Å². The molecule has 0 atom stereocenters. The molecule has 4 fully saturated rings. The van der Waals surface area contributed by atoms with Crippen LogP contribution >= 0.6 is 11.8 Å². The van der Waals surface area contributed by atoms with Gasteiger partial charge in [-0.05, 0) is 153 Å². The number of hydrogen-bond acceptors (Lipinski definition) is 4. The van der Waals surface area contributed by atoms with E-state index >= 15 is 0 Å². The molecule has 6 heteroatoms. The van der Waals surface area contributed by atoms with Crippen LogP contribution in [0.15, 0.2) is 22.1 Å². The van der Waals surface area contributed by atoms with Gasteiger partial charge in [-0.3, -0.25) is 4.79 Å². The molecule has 4 rings (SSSR count). The minimum absolute atomic E-state index is 0. The fourth-order valence-corrected chi connectivity index (χ4v) is 3.79. The number of thioether (sulfide) groups is 1. The molecule has 0 aromatic heterocycles. The molecule has 0 N–H and O–H groups in total. The first-order valence-corrected chi connectivity index (χ1v) is 12.3. The van der Waals surface area contributed by atoms with Gasteiger partial charge in [-0.2, -0.15) is 0 Å². The van der Waals surface area contributed by atoms with Gasteiger partial charge >= 0.3 is 40.1 Å². The molecule has 20 radical (unpaired) electrons. The van der Waals surface area contributed by atoms with E-state index in [1.807, 2.05) is 122 Å². The van der Waals surface area contributed by atoms with Gasteiger partial charge in [-0.15, -0.1) is 11.8 Å². The summed E-state index contributed by atoms with van der Waals surface area (Å²) in [6.45, 7) is 3.59. The normalized spacial score (nSPS) is 20.7. The quantitative estimate of drug-likeness (QED) is 0.172. The van der Waals surface area contributed by atoms with Crippen molar-refractivity contribution in [3.8, 4) is 0 Å². The Balaban J connectivity index is 0.000000842. The first-order valence-electron chi connectivity index (χ1n) is 11.0. The molecule has 0 aliphatic heterocycles. The van der Waals surface area contributed by atoms with Crippen molar-refractivity contribution in [3.63, 3.8) is 0 Å². The van der Waals surface area contributed by atoms with Crippen LogP contribution < -0.4 is 0 Å². The summed E-state index contributed by atoms with van der Waals surface area (Å²) < 4.78 is 5.22. The summed E-state index contributed by atoms with van der Waals surface area (Å²) in [5.41, 5.74) is 1.46. The Labute approximate surface area is 247 Å². The largest absolute Gasteiger partial charge is 2.00 e. The number of carbonyl (C=O) groups excluding carboxylic acids is 2. The van der Waals surface area contributed by atoms with Gasteiger partial charge in [0.2, 0.25) is 0 Å². The van der Waals surface area contributed by atoms with Crippen LogP contribution in [-0.4, -0.2) is 24.6 Å². The molecule has 0 heterocycles. The molecule has 36 heavy (non-hydrogen) atoms. The van der Waals surface area contributed by atoms with Gasteiger partial charge in [-0.1, -0.05) is 0 Å². The van der Waals surface area contributed by atoms with E-state index in [4.69, 9.17) is 4.74 Å². The predicted molar refractivity (Wildman–Crippen MR) is 140 cm³/mol. The molecular weight excluding hydrogens is 552 g/mol. The molecule has 0 bridgehead atoms. The van der Waals surface area contributed by atoms with E-state index in [-0.39, 0.29) is 45.9 Å². The van der Waals surface area contributed by atoms with Crippen molar-refractivity contribution < 1.29 is 48.5 Å². The monoisotopic (exact) mass is 582 g/mol. The van der Waals surface area contributed by atoms with E-state index in [9.17, 15) is 9.59 Å². The van der Waals surface area contributed by atoms with Crippen molar-refractivity contribution in [1.82, 2.24) is 0 Å². The third kappa shape index (κ3) is 13.2. The van der Waals surface area contributed by atoms with E-state index in [1.54, 1.807) is 13.0 Å². The van der Waals surface area contributed by atoms with Gasteiger partial charge in [0.1, 0.15) is 0 Å². The Kier molecular flexibility index (Phi) is 21.9. The molecule has 3 nitrogen and oxygen atoms in total. The molecule has 4 aliphatic carbocycles. The van der Waals surface area contributed by atoms with Gasteiger partial charge < -0.3 is 4.74 Å². The molecular formula is C30H30Fe2O3S+4. The zero-order valence-electron chi connectivity index (χ0n) is 20.5. The number of carbonyl (C=O) groups is 2. The zero-order valence-corrected chi connectivity index (χ0v) is 23.5. The van der Waals surface area contributed by atoms with Crippen LogP contribution in [0.25, 0.3) is 0 Å². The van der Waals surface area contributed by atoms with Crippen molar-refractivity contribution in [2.24, 2.45) is 0 Å². The molecule has 0 aromatic rings. The van der Waals surface area contributed by atoms with Crippen LogP contribution in [-0.2, 0) is 48.5 Å². The number of esters is 1. The molecule has 4 saturated carbocycles. The first kappa shape index (κ1) is 36.0. The third-order valence-electron chi connectivity index (χ3n) is 4.55. The molecule has 4 aliphatic rings. The summed E-state index contributed by atoms with van der Waals surface area (Å²) in [7, 11) is 0. The Bertz CT molecular complexity index is 644. The second kappa shape index (κ2) is 21.9. The maximum atomic E-state index is 12.5. The van der Waals surface area contributed by atoms with E-state index in [2.05, 4.69) is 0 Å². The summed E-state index contributed by atoms with van der Waals surface area (Å²) in [4.78, 5) is 24.8. The van der Waals surface area contributed by atoms with Gasteiger partial charge in [0, 0.05) is 11.8 Å². The molecule has 0 aromatic carbocycles. The van der Waals surface area contributed by atoms with Crippen molar-refractivity contribution in [2.45, 2.75) is 13.8 Å². The summed E-state index contributed by atoms with van der Waals surface area (Å²) >= 11 is 1.33. The molecule has 0 spiro atoms. The second-order valence-electron chi connectivity index (χ2n) is 7.07. The maximum absolute atomic E-state index is 12.5. The van der Waals surface area contributed by atoms with Crippen molar-refractivity contribution >= 4 is 23.5 Å².